The zero-order chi connectivity index (χ0) is 14.6. The highest BCUT2D eigenvalue weighted by Gasteiger charge is 2.20. The van der Waals surface area contributed by atoms with Crippen LogP contribution in [0.3, 0.4) is 0 Å². The quantitative estimate of drug-likeness (QED) is 0.838. The van der Waals surface area contributed by atoms with Crippen molar-refractivity contribution in [2.75, 3.05) is 6.54 Å². The molecule has 0 heterocycles. The Morgan fingerprint density at radius 3 is 2.11 bits per heavy atom. The predicted octanol–water partition coefficient (Wildman–Crippen LogP) is 1.96. The van der Waals surface area contributed by atoms with Crippen LogP contribution in [0, 0.1) is 19.8 Å². The van der Waals surface area contributed by atoms with E-state index in [0.717, 1.165) is 17.5 Å². The summed E-state index contributed by atoms with van der Waals surface area (Å²) in [6, 6.07) is 5.09. The number of nitrogens with one attached hydrogen (secondary N) is 1. The van der Waals surface area contributed by atoms with Gasteiger partial charge in [0.05, 0.1) is 4.90 Å². The Balaban J connectivity index is 2.96. The summed E-state index contributed by atoms with van der Waals surface area (Å²) in [4.78, 5) is 0.312. The summed E-state index contributed by atoms with van der Waals surface area (Å²) in [5, 5.41) is 0. The van der Waals surface area contributed by atoms with Crippen molar-refractivity contribution in [2.45, 2.75) is 45.1 Å². The third kappa shape index (κ3) is 4.93. The minimum Gasteiger partial charge on any atom is -0.329 e. The molecular formula is C14H24N2O2S. The smallest absolute Gasteiger partial charge is 0.240 e. The third-order valence-electron chi connectivity index (χ3n) is 2.87. The number of sulfonamides is 1. The van der Waals surface area contributed by atoms with E-state index in [1.807, 2.05) is 33.8 Å². The SMILES string of the molecule is Cc1cc(C)cc(S(=O)(=O)NC(CN)CC(C)C)c1. The molecule has 1 atom stereocenters. The summed E-state index contributed by atoms with van der Waals surface area (Å²) in [7, 11) is -3.49. The normalized spacial score (nSPS) is 13.8. The minimum absolute atomic E-state index is 0.217. The Morgan fingerprint density at radius 1 is 1.16 bits per heavy atom. The van der Waals surface area contributed by atoms with Gasteiger partial charge in [-0.2, -0.15) is 0 Å². The first-order valence-electron chi connectivity index (χ1n) is 6.55. The minimum atomic E-state index is -3.49. The van der Waals surface area contributed by atoms with Gasteiger partial charge in [0.2, 0.25) is 10.0 Å². The van der Waals surface area contributed by atoms with Gasteiger partial charge in [-0.25, -0.2) is 13.1 Å². The Bertz CT molecular complexity index is 504. The van der Waals surface area contributed by atoms with Crippen LogP contribution in [-0.4, -0.2) is 21.0 Å². The number of hydrogen-bond donors (Lipinski definition) is 2. The van der Waals surface area contributed by atoms with Gasteiger partial charge in [0.15, 0.2) is 0 Å². The molecule has 108 valence electrons. The van der Waals surface area contributed by atoms with Crippen LogP contribution >= 0.6 is 0 Å². The van der Waals surface area contributed by atoms with Crippen LogP contribution in [0.1, 0.15) is 31.4 Å². The molecule has 0 radical (unpaired) electrons. The van der Waals surface area contributed by atoms with Crippen LogP contribution in [-0.2, 0) is 10.0 Å². The summed E-state index contributed by atoms with van der Waals surface area (Å²) >= 11 is 0. The largest absolute Gasteiger partial charge is 0.329 e. The van der Waals surface area contributed by atoms with Crippen molar-refractivity contribution in [3.63, 3.8) is 0 Å². The van der Waals surface area contributed by atoms with Gasteiger partial charge >= 0.3 is 0 Å². The summed E-state index contributed by atoms with van der Waals surface area (Å²) in [5.41, 5.74) is 7.52. The maximum absolute atomic E-state index is 12.3. The first-order valence-corrected chi connectivity index (χ1v) is 8.03. The zero-order valence-corrected chi connectivity index (χ0v) is 12.9. The maximum Gasteiger partial charge on any atom is 0.240 e. The Kier molecular flexibility index (Phi) is 5.52. The van der Waals surface area contributed by atoms with Gasteiger partial charge < -0.3 is 5.73 Å². The molecule has 4 nitrogen and oxygen atoms in total. The van der Waals surface area contributed by atoms with Crippen LogP contribution in [0.2, 0.25) is 0 Å². The molecule has 0 amide bonds. The van der Waals surface area contributed by atoms with Gasteiger partial charge in [-0.05, 0) is 49.4 Å². The summed E-state index contributed by atoms with van der Waals surface area (Å²) in [6.45, 7) is 8.19. The lowest BCUT2D eigenvalue weighted by atomic mass is 10.1. The van der Waals surface area contributed by atoms with E-state index in [1.165, 1.54) is 0 Å². The highest BCUT2D eigenvalue weighted by atomic mass is 32.2. The lowest BCUT2D eigenvalue weighted by molar-refractivity contribution is 0.465. The van der Waals surface area contributed by atoms with E-state index in [2.05, 4.69) is 4.72 Å². The maximum atomic E-state index is 12.3. The molecular weight excluding hydrogens is 260 g/mol. The van der Waals surface area contributed by atoms with Crippen molar-refractivity contribution in [1.82, 2.24) is 4.72 Å². The van der Waals surface area contributed by atoms with E-state index in [-0.39, 0.29) is 6.04 Å². The van der Waals surface area contributed by atoms with E-state index in [9.17, 15) is 8.42 Å². The first-order chi connectivity index (χ1) is 8.74. The fourth-order valence-corrected chi connectivity index (χ4v) is 3.59. The zero-order valence-electron chi connectivity index (χ0n) is 12.1. The van der Waals surface area contributed by atoms with Crippen molar-refractivity contribution in [1.29, 1.82) is 0 Å². The van der Waals surface area contributed by atoms with Gasteiger partial charge in [-0.1, -0.05) is 19.9 Å². The molecule has 3 N–H and O–H groups in total. The van der Waals surface area contributed by atoms with E-state index >= 15 is 0 Å². The van der Waals surface area contributed by atoms with Crippen LogP contribution < -0.4 is 10.5 Å². The molecule has 0 saturated carbocycles. The van der Waals surface area contributed by atoms with Gasteiger partial charge in [0.1, 0.15) is 0 Å². The summed E-state index contributed by atoms with van der Waals surface area (Å²) < 4.78 is 27.3. The predicted molar refractivity (Wildman–Crippen MR) is 78.5 cm³/mol. The Morgan fingerprint density at radius 2 is 1.68 bits per heavy atom. The van der Waals surface area contributed by atoms with E-state index in [0.29, 0.717) is 17.4 Å². The van der Waals surface area contributed by atoms with Crippen molar-refractivity contribution < 1.29 is 8.42 Å². The second-order valence-corrected chi connectivity index (χ2v) is 7.22. The third-order valence-corrected chi connectivity index (χ3v) is 4.37. The highest BCUT2D eigenvalue weighted by molar-refractivity contribution is 7.89. The molecule has 0 aromatic heterocycles. The lowest BCUT2D eigenvalue weighted by Gasteiger charge is -2.19. The molecule has 1 aromatic carbocycles. The molecule has 1 aromatic rings. The second kappa shape index (κ2) is 6.50. The van der Waals surface area contributed by atoms with Crippen LogP contribution in [0.5, 0.6) is 0 Å². The number of aryl methyl sites for hydroxylation is 2. The van der Waals surface area contributed by atoms with Crippen molar-refractivity contribution in [2.24, 2.45) is 11.7 Å². The van der Waals surface area contributed by atoms with Gasteiger partial charge in [-0.15, -0.1) is 0 Å². The molecule has 1 rings (SSSR count). The summed E-state index contributed by atoms with van der Waals surface area (Å²) in [5.74, 6) is 0.399. The van der Waals surface area contributed by atoms with Gasteiger partial charge in [0, 0.05) is 12.6 Å². The van der Waals surface area contributed by atoms with Gasteiger partial charge in [0.25, 0.3) is 0 Å². The van der Waals surface area contributed by atoms with Crippen LogP contribution in [0.4, 0.5) is 0 Å². The van der Waals surface area contributed by atoms with Gasteiger partial charge in [-0.3, -0.25) is 0 Å². The molecule has 19 heavy (non-hydrogen) atoms. The molecule has 0 saturated heterocycles. The molecule has 0 fully saturated rings. The number of hydrogen-bond acceptors (Lipinski definition) is 3. The topological polar surface area (TPSA) is 72.2 Å². The molecule has 0 aliphatic carbocycles. The molecule has 5 heteroatoms. The van der Waals surface area contributed by atoms with E-state index in [1.54, 1.807) is 12.1 Å². The second-order valence-electron chi connectivity index (χ2n) is 5.51. The Labute approximate surface area is 116 Å². The fraction of sp³-hybridized carbons (Fsp3) is 0.571. The molecule has 0 aliphatic rings. The number of nitrogens with two attached hydrogens (primary N) is 1. The first kappa shape index (κ1) is 16.1. The molecule has 0 spiro atoms. The molecule has 0 bridgehead atoms. The van der Waals surface area contributed by atoms with E-state index in [4.69, 9.17) is 5.73 Å². The van der Waals surface area contributed by atoms with Crippen LogP contribution in [0.15, 0.2) is 23.1 Å². The average Bonchev–Trinajstić information content (AvgIpc) is 2.25. The lowest BCUT2D eigenvalue weighted by Crippen LogP contribution is -2.41. The van der Waals surface area contributed by atoms with Crippen molar-refractivity contribution in [3.8, 4) is 0 Å². The van der Waals surface area contributed by atoms with Crippen molar-refractivity contribution in [3.05, 3.63) is 29.3 Å². The van der Waals surface area contributed by atoms with Crippen molar-refractivity contribution >= 4 is 10.0 Å². The average molecular weight is 284 g/mol. The standard InChI is InChI=1S/C14H24N2O2S/c1-10(2)5-13(9-15)16-19(17,18)14-7-11(3)6-12(4)8-14/h6-8,10,13,16H,5,9,15H2,1-4H3. The molecule has 0 aliphatic heterocycles. The van der Waals surface area contributed by atoms with Crippen LogP contribution in [0.25, 0.3) is 0 Å². The number of benzene rings is 1. The monoisotopic (exact) mass is 284 g/mol. The molecule has 1 unspecified atom stereocenters. The Hall–Kier alpha value is -0.910. The highest BCUT2D eigenvalue weighted by Crippen LogP contribution is 2.15. The van der Waals surface area contributed by atoms with E-state index < -0.39 is 10.0 Å². The fourth-order valence-electron chi connectivity index (χ4n) is 2.14. The summed E-state index contributed by atoms with van der Waals surface area (Å²) in [6.07, 6.45) is 0.737. The number of rotatable bonds is 6.